The first-order chi connectivity index (χ1) is 9.42. The molecule has 0 aliphatic heterocycles. The molecule has 1 rings (SSSR count). The molecule has 0 aromatic heterocycles. The molecule has 1 aromatic rings. The molecule has 0 heterocycles. The number of aliphatic carboxylic acids is 1. The fourth-order valence-corrected chi connectivity index (χ4v) is 1.84. The van der Waals surface area contributed by atoms with Crippen molar-refractivity contribution in [3.05, 3.63) is 29.8 Å². The molecule has 1 aromatic carbocycles. The first-order valence-corrected chi connectivity index (χ1v) is 6.81. The minimum Gasteiger partial charge on any atom is -0.480 e. The highest BCUT2D eigenvalue weighted by atomic mass is 16.4. The zero-order valence-electron chi connectivity index (χ0n) is 12.1. The number of carbonyl (C=O) groups excluding carboxylic acids is 1. The Labute approximate surface area is 119 Å². The number of urea groups is 1. The van der Waals surface area contributed by atoms with Crippen LogP contribution in [-0.2, 0) is 11.2 Å². The third-order valence-corrected chi connectivity index (χ3v) is 2.93. The first-order valence-electron chi connectivity index (χ1n) is 6.81. The number of benzene rings is 1. The van der Waals surface area contributed by atoms with Crippen molar-refractivity contribution in [3.63, 3.8) is 0 Å². The van der Waals surface area contributed by atoms with Gasteiger partial charge < -0.3 is 15.7 Å². The quantitative estimate of drug-likeness (QED) is 0.748. The molecule has 0 saturated carbocycles. The standard InChI is InChI=1S/C15H22N2O3/c1-4-11-5-7-12(8-6-11)16-15(20)17-13(14(18)19)9-10(2)3/h5-8,10,13H,4,9H2,1-3H3,(H,18,19)(H2,16,17,20)/t13-/m1/s1. The maximum absolute atomic E-state index is 11.8. The Bertz CT molecular complexity index is 455. The van der Waals surface area contributed by atoms with E-state index in [2.05, 4.69) is 17.6 Å². The number of anilines is 1. The van der Waals surface area contributed by atoms with Gasteiger partial charge in [0.25, 0.3) is 0 Å². The minimum absolute atomic E-state index is 0.195. The molecule has 0 saturated heterocycles. The Kier molecular flexibility index (Phi) is 6.03. The van der Waals surface area contributed by atoms with Gasteiger partial charge in [0, 0.05) is 5.69 Å². The fourth-order valence-electron chi connectivity index (χ4n) is 1.84. The molecule has 0 bridgehead atoms. The number of carboxylic acid groups (broad SMARTS) is 1. The van der Waals surface area contributed by atoms with Crippen molar-refractivity contribution in [2.24, 2.45) is 5.92 Å². The summed E-state index contributed by atoms with van der Waals surface area (Å²) in [5.74, 6) is -0.824. The second kappa shape index (κ2) is 7.53. The summed E-state index contributed by atoms with van der Waals surface area (Å²) in [6.07, 6.45) is 1.33. The van der Waals surface area contributed by atoms with Crippen LogP contribution in [0.1, 0.15) is 32.8 Å². The number of nitrogens with one attached hydrogen (secondary N) is 2. The smallest absolute Gasteiger partial charge is 0.326 e. The van der Waals surface area contributed by atoms with Crippen molar-refractivity contribution >= 4 is 17.7 Å². The summed E-state index contributed by atoms with van der Waals surface area (Å²) in [5.41, 5.74) is 1.83. The van der Waals surface area contributed by atoms with Crippen molar-refractivity contribution in [3.8, 4) is 0 Å². The summed E-state index contributed by atoms with van der Waals surface area (Å²) in [7, 11) is 0. The lowest BCUT2D eigenvalue weighted by Gasteiger charge is -2.17. The fraction of sp³-hybridized carbons (Fsp3) is 0.467. The van der Waals surface area contributed by atoms with Crippen LogP contribution in [0, 0.1) is 5.92 Å². The molecule has 0 fully saturated rings. The van der Waals surface area contributed by atoms with Crippen LogP contribution in [-0.4, -0.2) is 23.1 Å². The van der Waals surface area contributed by atoms with Crippen molar-refractivity contribution in [1.29, 1.82) is 0 Å². The van der Waals surface area contributed by atoms with Crippen molar-refractivity contribution < 1.29 is 14.7 Å². The second-order valence-electron chi connectivity index (χ2n) is 5.17. The number of aryl methyl sites for hydroxylation is 1. The van der Waals surface area contributed by atoms with Gasteiger partial charge in [0.1, 0.15) is 6.04 Å². The molecule has 0 aliphatic carbocycles. The van der Waals surface area contributed by atoms with Crippen LogP contribution in [0.4, 0.5) is 10.5 Å². The topological polar surface area (TPSA) is 78.4 Å². The van der Waals surface area contributed by atoms with E-state index >= 15 is 0 Å². The van der Waals surface area contributed by atoms with E-state index in [0.717, 1.165) is 6.42 Å². The van der Waals surface area contributed by atoms with Crippen LogP contribution in [0.5, 0.6) is 0 Å². The molecule has 20 heavy (non-hydrogen) atoms. The van der Waals surface area contributed by atoms with E-state index in [1.54, 1.807) is 12.1 Å². The van der Waals surface area contributed by atoms with Gasteiger partial charge in [-0.3, -0.25) is 0 Å². The monoisotopic (exact) mass is 278 g/mol. The van der Waals surface area contributed by atoms with Crippen LogP contribution in [0.15, 0.2) is 24.3 Å². The zero-order chi connectivity index (χ0) is 15.1. The van der Waals surface area contributed by atoms with E-state index in [0.29, 0.717) is 12.1 Å². The normalized spacial score (nSPS) is 12.0. The van der Waals surface area contributed by atoms with Gasteiger partial charge >= 0.3 is 12.0 Å². The zero-order valence-corrected chi connectivity index (χ0v) is 12.1. The largest absolute Gasteiger partial charge is 0.480 e. The maximum Gasteiger partial charge on any atom is 0.326 e. The van der Waals surface area contributed by atoms with Gasteiger partial charge in [0.2, 0.25) is 0 Å². The summed E-state index contributed by atoms with van der Waals surface area (Å²) in [4.78, 5) is 22.8. The van der Waals surface area contributed by atoms with Gasteiger partial charge in [0.05, 0.1) is 0 Å². The predicted molar refractivity (Wildman–Crippen MR) is 78.9 cm³/mol. The highest BCUT2D eigenvalue weighted by Gasteiger charge is 2.20. The third-order valence-electron chi connectivity index (χ3n) is 2.93. The van der Waals surface area contributed by atoms with Crippen LogP contribution >= 0.6 is 0 Å². The molecular formula is C15H22N2O3. The van der Waals surface area contributed by atoms with E-state index in [1.165, 1.54) is 5.56 Å². The van der Waals surface area contributed by atoms with E-state index in [-0.39, 0.29) is 5.92 Å². The Morgan fingerprint density at radius 1 is 1.20 bits per heavy atom. The number of amides is 2. The molecule has 5 nitrogen and oxygen atoms in total. The molecular weight excluding hydrogens is 256 g/mol. The third kappa shape index (κ3) is 5.30. The molecule has 0 spiro atoms. The van der Waals surface area contributed by atoms with E-state index in [4.69, 9.17) is 5.11 Å². The summed E-state index contributed by atoms with van der Waals surface area (Å²) < 4.78 is 0. The van der Waals surface area contributed by atoms with Crippen molar-refractivity contribution in [1.82, 2.24) is 5.32 Å². The molecule has 0 radical (unpaired) electrons. The number of carboxylic acids is 1. The van der Waals surface area contributed by atoms with Gasteiger partial charge in [-0.25, -0.2) is 9.59 Å². The lowest BCUT2D eigenvalue weighted by molar-refractivity contribution is -0.139. The SMILES string of the molecule is CCc1ccc(NC(=O)N[C@H](CC(C)C)C(=O)O)cc1. The van der Waals surface area contributed by atoms with Gasteiger partial charge in [-0.2, -0.15) is 0 Å². The Morgan fingerprint density at radius 2 is 1.80 bits per heavy atom. The van der Waals surface area contributed by atoms with E-state index in [1.807, 2.05) is 26.0 Å². The molecule has 5 heteroatoms. The Morgan fingerprint density at radius 3 is 2.25 bits per heavy atom. The lowest BCUT2D eigenvalue weighted by atomic mass is 10.0. The summed E-state index contributed by atoms with van der Waals surface area (Å²) in [6, 6.07) is 6.09. The van der Waals surface area contributed by atoms with E-state index < -0.39 is 18.0 Å². The van der Waals surface area contributed by atoms with Crippen molar-refractivity contribution in [2.45, 2.75) is 39.7 Å². The van der Waals surface area contributed by atoms with E-state index in [9.17, 15) is 9.59 Å². The van der Waals surface area contributed by atoms with Crippen LogP contribution in [0.2, 0.25) is 0 Å². The molecule has 110 valence electrons. The van der Waals surface area contributed by atoms with Crippen LogP contribution in [0.25, 0.3) is 0 Å². The molecule has 0 unspecified atom stereocenters. The molecule has 2 amide bonds. The highest BCUT2D eigenvalue weighted by molar-refractivity contribution is 5.92. The first kappa shape index (κ1) is 16.0. The van der Waals surface area contributed by atoms with Crippen LogP contribution < -0.4 is 10.6 Å². The number of carbonyl (C=O) groups is 2. The molecule has 3 N–H and O–H groups in total. The Balaban J connectivity index is 2.58. The van der Waals surface area contributed by atoms with Crippen molar-refractivity contribution in [2.75, 3.05) is 5.32 Å². The molecule has 1 atom stereocenters. The number of rotatable bonds is 6. The van der Waals surface area contributed by atoms with Gasteiger partial charge in [-0.15, -0.1) is 0 Å². The Hall–Kier alpha value is -2.04. The average molecular weight is 278 g/mol. The number of hydrogen-bond acceptors (Lipinski definition) is 2. The summed E-state index contributed by atoms with van der Waals surface area (Å²) >= 11 is 0. The van der Waals surface area contributed by atoms with Gasteiger partial charge in [-0.05, 0) is 36.5 Å². The maximum atomic E-state index is 11.8. The molecule has 0 aliphatic rings. The predicted octanol–water partition coefficient (Wildman–Crippen LogP) is 2.87. The van der Waals surface area contributed by atoms with Gasteiger partial charge in [-0.1, -0.05) is 32.9 Å². The van der Waals surface area contributed by atoms with Gasteiger partial charge in [0.15, 0.2) is 0 Å². The average Bonchev–Trinajstić information content (AvgIpc) is 2.38. The summed E-state index contributed by atoms with van der Waals surface area (Å²) in [5, 5.41) is 14.2. The summed E-state index contributed by atoms with van der Waals surface area (Å²) in [6.45, 7) is 5.89. The minimum atomic E-state index is -1.02. The lowest BCUT2D eigenvalue weighted by Crippen LogP contribution is -2.43. The number of hydrogen-bond donors (Lipinski definition) is 3. The highest BCUT2D eigenvalue weighted by Crippen LogP contribution is 2.10. The van der Waals surface area contributed by atoms with Crippen LogP contribution in [0.3, 0.4) is 0 Å². The second-order valence-corrected chi connectivity index (χ2v) is 5.17.